The molecule has 3 aromatic carbocycles. The van der Waals surface area contributed by atoms with Crippen LogP contribution in [0.3, 0.4) is 0 Å². The second kappa shape index (κ2) is 8.78. The summed E-state index contributed by atoms with van der Waals surface area (Å²) in [5.41, 5.74) is 2.71. The maximum atomic E-state index is 13.3. The van der Waals surface area contributed by atoms with Gasteiger partial charge in [0.1, 0.15) is 11.5 Å². The first-order valence-corrected chi connectivity index (χ1v) is 10.5. The number of ether oxygens (including phenoxy) is 2. The molecule has 0 bridgehead atoms. The molecule has 4 nitrogen and oxygen atoms in total. The highest BCUT2D eigenvalue weighted by Crippen LogP contribution is 2.32. The summed E-state index contributed by atoms with van der Waals surface area (Å²) in [7, 11) is 0. The molecule has 0 heterocycles. The van der Waals surface area contributed by atoms with Crippen molar-refractivity contribution >= 4 is 23.2 Å². The minimum absolute atomic E-state index is 0.136. The number of Topliss-reactive ketones (excluding diaryl/α,β-unsaturated/α-hetero) is 2. The molecule has 31 heavy (non-hydrogen) atoms. The molecule has 156 valence electrons. The van der Waals surface area contributed by atoms with Gasteiger partial charge in [0, 0.05) is 16.1 Å². The monoisotopic (exact) mass is 432 g/mol. The van der Waals surface area contributed by atoms with Gasteiger partial charge in [-0.3, -0.25) is 9.59 Å². The lowest BCUT2D eigenvalue weighted by molar-refractivity contribution is 0.0897. The number of allylic oxidation sites excluding steroid dienone is 2. The largest absolute Gasteiger partial charge is 0.449 e. The van der Waals surface area contributed by atoms with Crippen LogP contribution in [0, 0.1) is 0 Å². The lowest BCUT2D eigenvalue weighted by atomic mass is 9.92. The Morgan fingerprint density at radius 2 is 1.10 bits per heavy atom. The molecule has 0 spiro atoms. The van der Waals surface area contributed by atoms with Crippen LogP contribution >= 0.6 is 11.6 Å². The van der Waals surface area contributed by atoms with Crippen molar-refractivity contribution in [1.29, 1.82) is 0 Å². The number of hydrogen-bond donors (Lipinski definition) is 0. The molecular formula is C26H21ClO4. The molecule has 0 amide bonds. The van der Waals surface area contributed by atoms with Crippen molar-refractivity contribution in [3.63, 3.8) is 0 Å². The topological polar surface area (TPSA) is 52.6 Å². The number of halogens is 1. The van der Waals surface area contributed by atoms with Crippen LogP contribution < -0.4 is 9.47 Å². The third kappa shape index (κ3) is 4.25. The molecule has 3 aromatic rings. The van der Waals surface area contributed by atoms with Gasteiger partial charge >= 0.3 is 0 Å². The van der Waals surface area contributed by atoms with Crippen LogP contribution in [0.1, 0.15) is 45.7 Å². The number of fused-ring (bicyclic) bond motifs is 1. The summed E-state index contributed by atoms with van der Waals surface area (Å²) in [6, 6.07) is 19.3. The van der Waals surface area contributed by atoms with Crippen molar-refractivity contribution in [2.24, 2.45) is 0 Å². The van der Waals surface area contributed by atoms with Crippen LogP contribution in [-0.4, -0.2) is 11.6 Å². The fraction of sp³-hybridized carbons (Fsp3) is 0.154. The summed E-state index contributed by atoms with van der Waals surface area (Å²) < 4.78 is 11.8. The Labute approximate surface area is 186 Å². The van der Waals surface area contributed by atoms with E-state index in [-0.39, 0.29) is 22.6 Å². The summed E-state index contributed by atoms with van der Waals surface area (Å²) in [5, 5.41) is 0.367. The van der Waals surface area contributed by atoms with Crippen molar-refractivity contribution in [2.75, 3.05) is 0 Å². The summed E-state index contributed by atoms with van der Waals surface area (Å²) in [4.78, 5) is 26.5. The zero-order valence-corrected chi connectivity index (χ0v) is 18.0. The van der Waals surface area contributed by atoms with Gasteiger partial charge in [0.2, 0.25) is 23.1 Å². The van der Waals surface area contributed by atoms with E-state index in [9.17, 15) is 9.59 Å². The van der Waals surface area contributed by atoms with Gasteiger partial charge in [-0.05, 0) is 66.4 Å². The van der Waals surface area contributed by atoms with Crippen LogP contribution in [0.2, 0.25) is 5.02 Å². The SMILES string of the molecule is CCc1ccc(OC2=C(Oc3ccc(CC)cc3)C(=O)c3cc(Cl)ccc3C2=O)cc1. The number of carbonyl (C=O) groups is 2. The first kappa shape index (κ1) is 20.9. The average molecular weight is 433 g/mol. The van der Waals surface area contributed by atoms with Crippen LogP contribution in [-0.2, 0) is 12.8 Å². The van der Waals surface area contributed by atoms with Crippen molar-refractivity contribution in [3.8, 4) is 11.5 Å². The fourth-order valence-electron chi connectivity index (χ4n) is 3.36. The Bertz CT molecular complexity index is 1180. The predicted octanol–water partition coefficient (Wildman–Crippen LogP) is 6.21. The minimum Gasteiger partial charge on any atom is -0.449 e. The average Bonchev–Trinajstić information content (AvgIpc) is 2.80. The number of ketones is 2. The van der Waals surface area contributed by atoms with E-state index in [2.05, 4.69) is 13.8 Å². The zero-order valence-electron chi connectivity index (χ0n) is 17.3. The van der Waals surface area contributed by atoms with Gasteiger partial charge in [-0.1, -0.05) is 49.7 Å². The zero-order chi connectivity index (χ0) is 22.0. The van der Waals surface area contributed by atoms with E-state index in [1.165, 1.54) is 12.1 Å². The van der Waals surface area contributed by atoms with Gasteiger partial charge in [-0.2, -0.15) is 0 Å². The summed E-state index contributed by atoms with van der Waals surface area (Å²) >= 11 is 6.07. The molecule has 5 heteroatoms. The first-order chi connectivity index (χ1) is 15.0. The smallest absolute Gasteiger partial charge is 0.233 e. The Kier molecular flexibility index (Phi) is 5.92. The Hall–Kier alpha value is -3.37. The van der Waals surface area contributed by atoms with E-state index in [0.29, 0.717) is 16.5 Å². The molecule has 0 unspecified atom stereocenters. The van der Waals surface area contributed by atoms with Gasteiger partial charge in [-0.25, -0.2) is 0 Å². The van der Waals surface area contributed by atoms with Crippen LogP contribution in [0.5, 0.6) is 11.5 Å². The molecule has 0 fully saturated rings. The van der Waals surface area contributed by atoms with E-state index < -0.39 is 11.6 Å². The van der Waals surface area contributed by atoms with E-state index >= 15 is 0 Å². The number of carbonyl (C=O) groups excluding carboxylic acids is 2. The molecule has 0 atom stereocenters. The Balaban J connectivity index is 1.77. The quantitative estimate of drug-likeness (QED) is 0.464. The van der Waals surface area contributed by atoms with Gasteiger partial charge in [0.15, 0.2) is 0 Å². The Morgan fingerprint density at radius 3 is 1.55 bits per heavy atom. The van der Waals surface area contributed by atoms with Crippen molar-refractivity contribution in [3.05, 3.63) is 106 Å². The number of hydrogen-bond acceptors (Lipinski definition) is 4. The number of aryl methyl sites for hydroxylation is 2. The van der Waals surface area contributed by atoms with Gasteiger partial charge in [0.25, 0.3) is 0 Å². The summed E-state index contributed by atoms with van der Waals surface area (Å²) in [6.07, 6.45) is 1.77. The van der Waals surface area contributed by atoms with E-state index in [1.807, 2.05) is 24.3 Å². The minimum atomic E-state index is -0.447. The number of rotatable bonds is 6. The second-order valence-electron chi connectivity index (χ2n) is 7.21. The summed E-state index contributed by atoms with van der Waals surface area (Å²) in [5.74, 6) is -0.260. The van der Waals surface area contributed by atoms with Crippen LogP contribution in [0.25, 0.3) is 0 Å². The van der Waals surface area contributed by atoms with Gasteiger partial charge in [0.05, 0.1) is 0 Å². The molecular weight excluding hydrogens is 412 g/mol. The first-order valence-electron chi connectivity index (χ1n) is 10.2. The molecule has 4 rings (SSSR count). The molecule has 0 aliphatic heterocycles. The molecule has 1 aliphatic carbocycles. The Morgan fingerprint density at radius 1 is 0.645 bits per heavy atom. The molecule has 0 saturated heterocycles. The van der Waals surface area contributed by atoms with E-state index in [0.717, 1.165) is 24.0 Å². The van der Waals surface area contributed by atoms with E-state index in [4.69, 9.17) is 21.1 Å². The predicted molar refractivity (Wildman–Crippen MR) is 120 cm³/mol. The highest BCUT2D eigenvalue weighted by molar-refractivity contribution is 6.32. The molecule has 0 radical (unpaired) electrons. The third-order valence-corrected chi connectivity index (χ3v) is 5.43. The maximum Gasteiger partial charge on any atom is 0.233 e. The normalized spacial score (nSPS) is 13.3. The summed E-state index contributed by atoms with van der Waals surface area (Å²) in [6.45, 7) is 4.11. The standard InChI is InChI=1S/C26H21ClO4/c1-3-16-5-10-19(11-6-16)30-25-23(28)21-14-9-18(27)15-22(21)24(29)26(25)31-20-12-7-17(4-2)8-13-20/h5-15H,3-4H2,1-2H3. The van der Waals surface area contributed by atoms with E-state index in [1.54, 1.807) is 30.3 Å². The fourth-order valence-corrected chi connectivity index (χ4v) is 3.53. The van der Waals surface area contributed by atoms with Gasteiger partial charge in [-0.15, -0.1) is 0 Å². The second-order valence-corrected chi connectivity index (χ2v) is 7.64. The van der Waals surface area contributed by atoms with Crippen molar-refractivity contribution < 1.29 is 19.1 Å². The molecule has 0 aromatic heterocycles. The lowest BCUT2D eigenvalue weighted by Crippen LogP contribution is -2.27. The molecule has 0 N–H and O–H groups in total. The van der Waals surface area contributed by atoms with Crippen molar-refractivity contribution in [2.45, 2.75) is 26.7 Å². The van der Waals surface area contributed by atoms with Crippen LogP contribution in [0.15, 0.2) is 78.2 Å². The molecule has 0 saturated carbocycles. The maximum absolute atomic E-state index is 13.3. The highest BCUT2D eigenvalue weighted by Gasteiger charge is 2.36. The van der Waals surface area contributed by atoms with Crippen molar-refractivity contribution in [1.82, 2.24) is 0 Å². The number of benzene rings is 3. The van der Waals surface area contributed by atoms with Crippen LogP contribution in [0.4, 0.5) is 0 Å². The molecule has 1 aliphatic rings. The lowest BCUT2D eigenvalue weighted by Gasteiger charge is -2.21. The third-order valence-electron chi connectivity index (χ3n) is 5.19. The van der Waals surface area contributed by atoms with Gasteiger partial charge < -0.3 is 9.47 Å². The highest BCUT2D eigenvalue weighted by atomic mass is 35.5.